The Morgan fingerprint density at radius 3 is 2.64 bits per heavy atom. The molecule has 0 bridgehead atoms. The van der Waals surface area contributed by atoms with Gasteiger partial charge in [0.05, 0.1) is 30.5 Å². The van der Waals surface area contributed by atoms with Crippen LogP contribution in [0, 0.1) is 6.92 Å². The van der Waals surface area contributed by atoms with Crippen LogP contribution in [0.3, 0.4) is 0 Å². The van der Waals surface area contributed by atoms with Crippen molar-refractivity contribution in [3.63, 3.8) is 0 Å². The van der Waals surface area contributed by atoms with Gasteiger partial charge in [-0.15, -0.1) is 10.2 Å². The maximum Gasteiger partial charge on any atom is 0.301 e. The second-order valence-electron chi connectivity index (χ2n) is 10.7. The molecule has 0 spiro atoms. The van der Waals surface area contributed by atoms with E-state index in [0.717, 1.165) is 18.4 Å². The summed E-state index contributed by atoms with van der Waals surface area (Å²) in [6, 6.07) is 17.2. The number of aliphatic hydroxyl groups excluding tert-OH is 1. The van der Waals surface area contributed by atoms with E-state index in [4.69, 9.17) is 21.1 Å². The van der Waals surface area contributed by atoms with Crippen LogP contribution in [0.5, 0.6) is 11.5 Å². The summed E-state index contributed by atoms with van der Waals surface area (Å²) in [5.74, 6) is -0.464. The molecule has 242 valence electrons. The van der Waals surface area contributed by atoms with Gasteiger partial charge in [-0.2, -0.15) is 0 Å². The molecule has 0 radical (unpaired) electrons. The fourth-order valence-electron chi connectivity index (χ4n) is 5.39. The summed E-state index contributed by atoms with van der Waals surface area (Å²) < 4.78 is 14.2. The first-order chi connectivity index (χ1) is 22.8. The van der Waals surface area contributed by atoms with E-state index in [9.17, 15) is 14.7 Å². The smallest absolute Gasteiger partial charge is 0.301 e. The minimum absolute atomic E-state index is 0.0914. The molecule has 2 aromatic carbocycles. The molecule has 1 atom stereocenters. The van der Waals surface area contributed by atoms with Crippen LogP contribution < -0.4 is 14.4 Å². The molecular formula is C34H32ClN5O5S2. The number of pyridine rings is 1. The molecule has 0 saturated carbocycles. The molecule has 47 heavy (non-hydrogen) atoms. The maximum atomic E-state index is 13.9. The first-order valence-corrected chi connectivity index (χ1v) is 17.3. The summed E-state index contributed by atoms with van der Waals surface area (Å²) >= 11 is 8.95. The van der Waals surface area contributed by atoms with Crippen LogP contribution in [-0.2, 0) is 15.3 Å². The number of fused-ring (bicyclic) bond motifs is 1. The van der Waals surface area contributed by atoms with Gasteiger partial charge in [0.2, 0.25) is 5.13 Å². The van der Waals surface area contributed by atoms with Gasteiger partial charge in [-0.25, -0.2) is 4.98 Å². The van der Waals surface area contributed by atoms with Crippen LogP contribution in [0.4, 0.5) is 5.13 Å². The predicted octanol–water partition coefficient (Wildman–Crippen LogP) is 7.64. The highest BCUT2D eigenvalue weighted by Crippen LogP contribution is 2.46. The van der Waals surface area contributed by atoms with Crippen molar-refractivity contribution in [2.75, 3.05) is 18.1 Å². The van der Waals surface area contributed by atoms with Crippen molar-refractivity contribution in [1.82, 2.24) is 19.6 Å². The van der Waals surface area contributed by atoms with E-state index in [-0.39, 0.29) is 16.5 Å². The first-order valence-electron chi connectivity index (χ1n) is 15.2. The third kappa shape index (κ3) is 6.45. The topological polar surface area (TPSA) is 119 Å². The highest BCUT2D eigenvalue weighted by Gasteiger charge is 2.49. The molecule has 1 fully saturated rings. The summed E-state index contributed by atoms with van der Waals surface area (Å²) in [5, 5.41) is 21.4. The number of ether oxygens (including phenoxy) is 2. The summed E-state index contributed by atoms with van der Waals surface area (Å²) in [6.45, 7) is 6.58. The van der Waals surface area contributed by atoms with Crippen molar-refractivity contribution >= 4 is 62.9 Å². The summed E-state index contributed by atoms with van der Waals surface area (Å²) in [4.78, 5) is 33.6. The highest BCUT2D eigenvalue weighted by molar-refractivity contribution is 8.00. The van der Waals surface area contributed by atoms with E-state index < -0.39 is 17.7 Å². The molecule has 1 saturated heterocycles. The van der Waals surface area contributed by atoms with Crippen LogP contribution in [-0.4, -0.2) is 49.6 Å². The van der Waals surface area contributed by atoms with Crippen molar-refractivity contribution < 1.29 is 24.2 Å². The number of nitrogens with zero attached hydrogens (tertiary/aromatic N) is 5. The van der Waals surface area contributed by atoms with Gasteiger partial charge < -0.3 is 14.6 Å². The quantitative estimate of drug-likeness (QED) is 0.0352. The third-order valence-corrected chi connectivity index (χ3v) is 10.1. The van der Waals surface area contributed by atoms with Crippen LogP contribution in [0.25, 0.3) is 11.4 Å². The Kier molecular flexibility index (Phi) is 9.81. The number of aryl methyl sites for hydroxylation is 1. The number of thioether (sulfide) groups is 1. The van der Waals surface area contributed by atoms with Crippen LogP contribution >= 0.6 is 34.7 Å². The summed E-state index contributed by atoms with van der Waals surface area (Å²) in [7, 11) is 0. The molecule has 1 unspecified atom stereocenters. The predicted molar refractivity (Wildman–Crippen MR) is 184 cm³/mol. The number of amides is 1. The van der Waals surface area contributed by atoms with Crippen LogP contribution in [0.1, 0.15) is 55.2 Å². The monoisotopic (exact) mass is 689 g/mol. The molecule has 1 aliphatic heterocycles. The average molecular weight is 690 g/mol. The van der Waals surface area contributed by atoms with Crippen molar-refractivity contribution in [2.24, 2.45) is 0 Å². The SMILES string of the molecule is CCCCOc1ccc(C2C(=C(O)c3c(C)nc4ccccn34)C(=O)C(=O)N2c2nnc(SCc3ccccc3Cl)s2)cc1OCC. The minimum atomic E-state index is -1.04. The number of ketones is 1. The lowest BCUT2D eigenvalue weighted by Gasteiger charge is -2.23. The van der Waals surface area contributed by atoms with E-state index in [0.29, 0.717) is 62.4 Å². The van der Waals surface area contributed by atoms with Gasteiger partial charge in [-0.1, -0.05) is 78.4 Å². The molecule has 4 heterocycles. The lowest BCUT2D eigenvalue weighted by Crippen LogP contribution is -2.29. The van der Waals surface area contributed by atoms with Gasteiger partial charge in [-0.3, -0.25) is 18.9 Å². The van der Waals surface area contributed by atoms with E-state index in [1.165, 1.54) is 28.0 Å². The molecular weight excluding hydrogens is 658 g/mol. The number of aliphatic hydroxyl groups is 1. The van der Waals surface area contributed by atoms with Crippen molar-refractivity contribution in [2.45, 2.75) is 49.7 Å². The number of carbonyl (C=O) groups is 2. The Labute approximate surface area is 285 Å². The number of hydrogen-bond acceptors (Lipinski definition) is 10. The Morgan fingerprint density at radius 1 is 1.04 bits per heavy atom. The number of benzene rings is 2. The third-order valence-electron chi connectivity index (χ3n) is 7.62. The standard InChI is InChI=1S/C34H32ClN5O5S2/c1-4-6-17-45-24-15-14-21(18-25(24)44-5-2)29-27(30(41)28-20(3)36-26-13-9-10-16-39(26)28)31(42)32(43)40(29)33-37-38-34(47-33)46-19-22-11-7-8-12-23(22)35/h7-16,18,29,41H,4-6,17,19H2,1-3H3. The molecule has 1 N–H and O–H groups in total. The van der Waals surface area contributed by atoms with E-state index >= 15 is 0 Å². The summed E-state index contributed by atoms with van der Waals surface area (Å²) in [6.07, 6.45) is 3.60. The van der Waals surface area contributed by atoms with Gasteiger partial charge in [0, 0.05) is 17.0 Å². The molecule has 6 rings (SSSR count). The number of Topliss-reactive ketones (excluding diaryl/α,β-unsaturated/α-hetero) is 1. The molecule has 3 aromatic heterocycles. The minimum Gasteiger partial charge on any atom is -0.505 e. The van der Waals surface area contributed by atoms with Crippen LogP contribution in [0.15, 0.2) is 76.8 Å². The fraction of sp³-hybridized carbons (Fsp3) is 0.265. The Morgan fingerprint density at radius 2 is 1.85 bits per heavy atom. The van der Waals surface area contributed by atoms with Crippen molar-refractivity contribution in [1.29, 1.82) is 0 Å². The van der Waals surface area contributed by atoms with E-state index in [1.54, 1.807) is 47.9 Å². The Balaban J connectivity index is 1.46. The lowest BCUT2D eigenvalue weighted by molar-refractivity contribution is -0.132. The second-order valence-corrected chi connectivity index (χ2v) is 13.3. The number of unbranched alkanes of at least 4 members (excludes halogenated alkanes) is 1. The van der Waals surface area contributed by atoms with Gasteiger partial charge in [0.25, 0.3) is 5.78 Å². The maximum absolute atomic E-state index is 13.9. The normalized spacial score (nSPS) is 15.9. The molecule has 0 aliphatic carbocycles. The highest BCUT2D eigenvalue weighted by atomic mass is 35.5. The number of anilines is 1. The molecule has 10 nitrogen and oxygen atoms in total. The van der Waals surface area contributed by atoms with Gasteiger partial charge in [-0.05, 0) is 61.7 Å². The zero-order valence-electron chi connectivity index (χ0n) is 26.0. The Bertz CT molecular complexity index is 1990. The summed E-state index contributed by atoms with van der Waals surface area (Å²) in [5.41, 5.74) is 2.79. The zero-order chi connectivity index (χ0) is 33.1. The molecule has 1 amide bonds. The largest absolute Gasteiger partial charge is 0.505 e. The van der Waals surface area contributed by atoms with E-state index in [2.05, 4.69) is 22.1 Å². The number of halogens is 1. The van der Waals surface area contributed by atoms with Crippen molar-refractivity contribution in [3.8, 4) is 11.5 Å². The second kappa shape index (κ2) is 14.2. The van der Waals surface area contributed by atoms with Gasteiger partial charge >= 0.3 is 5.91 Å². The molecule has 1 aliphatic rings. The molecule has 13 heteroatoms. The van der Waals surface area contributed by atoms with E-state index in [1.807, 2.05) is 37.3 Å². The van der Waals surface area contributed by atoms with Crippen molar-refractivity contribution in [3.05, 3.63) is 100.0 Å². The van der Waals surface area contributed by atoms with Gasteiger partial charge in [0.1, 0.15) is 11.3 Å². The van der Waals surface area contributed by atoms with Crippen LogP contribution in [0.2, 0.25) is 5.02 Å². The zero-order valence-corrected chi connectivity index (χ0v) is 28.4. The lowest BCUT2D eigenvalue weighted by atomic mass is 9.96. The Hall–Kier alpha value is -4.39. The first kappa shape index (κ1) is 32.5. The number of hydrogen-bond donors (Lipinski definition) is 1. The number of aromatic nitrogens is 4. The number of rotatable bonds is 12. The number of imidazole rings is 1. The average Bonchev–Trinajstić information content (AvgIpc) is 3.74. The molecule has 5 aromatic rings. The fourth-order valence-corrected chi connectivity index (χ4v) is 7.55. The van der Waals surface area contributed by atoms with Gasteiger partial charge in [0.15, 0.2) is 21.6 Å². The number of carbonyl (C=O) groups excluding carboxylic acids is 2.